The van der Waals surface area contributed by atoms with Gasteiger partial charge in [-0.2, -0.15) is 0 Å². The molecular formula is C7H8SSe2. The fourth-order valence-electron chi connectivity index (χ4n) is 1.29. The van der Waals surface area contributed by atoms with Gasteiger partial charge in [0.15, 0.2) is 0 Å². The van der Waals surface area contributed by atoms with E-state index in [1.54, 1.807) is 8.87 Å². The molecule has 10 heavy (non-hydrogen) atoms. The zero-order valence-corrected chi connectivity index (χ0v) is 9.80. The molecule has 0 saturated heterocycles. The molecular weight excluding hydrogens is 274 g/mol. The summed E-state index contributed by atoms with van der Waals surface area (Å²) in [6, 6.07) is 0. The molecule has 0 unspecified atom stereocenters. The molecule has 1 aromatic rings. The van der Waals surface area contributed by atoms with Crippen molar-refractivity contribution in [2.45, 2.75) is 25.7 Å². The standard InChI is InChI=1S/C7H8SSe2/c8-7-9-5-3-1-2-4-6(5)10-7/h1-4H2. The molecule has 54 valence electrons. The Morgan fingerprint density at radius 3 is 2.00 bits per heavy atom. The molecule has 1 heterocycles. The molecule has 1 aromatic heterocycles. The normalized spacial score (nSPS) is 16.8. The van der Waals surface area contributed by atoms with Crippen LogP contribution in [0.15, 0.2) is 0 Å². The van der Waals surface area contributed by atoms with E-state index in [1.807, 2.05) is 0 Å². The summed E-state index contributed by atoms with van der Waals surface area (Å²) < 4.78 is 4.97. The third-order valence-corrected chi connectivity index (χ3v) is 8.74. The van der Waals surface area contributed by atoms with E-state index in [1.165, 1.54) is 27.9 Å². The molecule has 0 spiro atoms. The van der Waals surface area contributed by atoms with E-state index >= 15 is 0 Å². The number of hydrogen-bond acceptors (Lipinski definition) is 1. The van der Waals surface area contributed by atoms with Gasteiger partial charge in [-0.1, -0.05) is 0 Å². The van der Waals surface area contributed by atoms with Crippen molar-refractivity contribution in [1.82, 2.24) is 0 Å². The second kappa shape index (κ2) is 3.08. The number of aryl methyl sites for hydroxylation is 2. The van der Waals surface area contributed by atoms with E-state index in [2.05, 4.69) is 0 Å². The van der Waals surface area contributed by atoms with Gasteiger partial charge >= 0.3 is 78.0 Å². The van der Waals surface area contributed by atoms with Crippen LogP contribution in [0.2, 0.25) is 0 Å². The maximum atomic E-state index is 5.25. The second-order valence-corrected chi connectivity index (χ2v) is 10.0. The predicted molar refractivity (Wildman–Crippen MR) is 47.8 cm³/mol. The Balaban J connectivity index is 2.50. The summed E-state index contributed by atoms with van der Waals surface area (Å²) in [4.78, 5) is 0. The molecule has 0 atom stereocenters. The van der Waals surface area contributed by atoms with Crippen molar-refractivity contribution >= 4 is 41.2 Å². The summed E-state index contributed by atoms with van der Waals surface area (Å²) >= 11 is 6.56. The van der Waals surface area contributed by atoms with Crippen molar-refractivity contribution in [3.05, 3.63) is 11.1 Å². The van der Waals surface area contributed by atoms with Gasteiger partial charge in [0, 0.05) is 0 Å². The van der Waals surface area contributed by atoms with Crippen LogP contribution in [0.3, 0.4) is 0 Å². The van der Waals surface area contributed by atoms with Gasteiger partial charge < -0.3 is 0 Å². The second-order valence-electron chi connectivity index (χ2n) is 2.51. The van der Waals surface area contributed by atoms with Gasteiger partial charge in [0.2, 0.25) is 0 Å². The molecule has 0 fully saturated rings. The first-order chi connectivity index (χ1) is 4.86. The molecule has 0 radical (unpaired) electrons. The van der Waals surface area contributed by atoms with E-state index < -0.39 is 0 Å². The Morgan fingerprint density at radius 1 is 1.00 bits per heavy atom. The number of rotatable bonds is 0. The average molecular weight is 282 g/mol. The summed E-state index contributed by atoms with van der Waals surface area (Å²) in [5.41, 5.74) is 0. The molecule has 1 aliphatic rings. The molecule has 0 bridgehead atoms. The molecule has 3 heteroatoms. The molecule has 0 saturated carbocycles. The van der Waals surface area contributed by atoms with Crippen molar-refractivity contribution in [1.29, 1.82) is 0 Å². The van der Waals surface area contributed by atoms with Crippen molar-refractivity contribution in [3.8, 4) is 0 Å². The van der Waals surface area contributed by atoms with Crippen LogP contribution in [0.5, 0.6) is 0 Å². The van der Waals surface area contributed by atoms with Crippen LogP contribution >= 0.6 is 12.2 Å². The number of hydrogen-bond donors (Lipinski definition) is 0. The molecule has 0 aliphatic heterocycles. The fraction of sp³-hybridized carbons (Fsp3) is 0.571. The molecule has 0 N–H and O–H groups in total. The monoisotopic (exact) mass is 284 g/mol. The van der Waals surface area contributed by atoms with Crippen molar-refractivity contribution in [3.63, 3.8) is 0 Å². The van der Waals surface area contributed by atoms with Gasteiger partial charge in [-0.3, -0.25) is 0 Å². The van der Waals surface area contributed by atoms with Crippen molar-refractivity contribution < 1.29 is 0 Å². The summed E-state index contributed by atoms with van der Waals surface area (Å²) in [5, 5.41) is 0. The van der Waals surface area contributed by atoms with E-state index in [9.17, 15) is 0 Å². The summed E-state index contributed by atoms with van der Waals surface area (Å²) in [6.45, 7) is 0. The number of fused-ring (bicyclic) bond motifs is 1. The Morgan fingerprint density at radius 2 is 1.50 bits per heavy atom. The van der Waals surface area contributed by atoms with Crippen LogP contribution in [-0.4, -0.2) is 29.0 Å². The minimum atomic E-state index is 0.658. The Bertz CT molecular complexity index is 258. The SMILES string of the molecule is S=c1[se]c2c([se]1)CCCC2. The van der Waals surface area contributed by atoms with Gasteiger partial charge in [0.1, 0.15) is 0 Å². The van der Waals surface area contributed by atoms with E-state index in [0.717, 1.165) is 0 Å². The van der Waals surface area contributed by atoms with Gasteiger partial charge in [-0.15, -0.1) is 0 Å². The molecule has 1 aliphatic carbocycles. The topological polar surface area (TPSA) is 0 Å². The van der Waals surface area contributed by atoms with Crippen LogP contribution in [0.4, 0.5) is 0 Å². The Kier molecular flexibility index (Phi) is 2.32. The third-order valence-electron chi connectivity index (χ3n) is 1.78. The van der Waals surface area contributed by atoms with Crippen LogP contribution in [-0.2, 0) is 12.8 Å². The van der Waals surface area contributed by atoms with Gasteiger partial charge in [0.05, 0.1) is 0 Å². The summed E-state index contributed by atoms with van der Waals surface area (Å²) in [5.74, 6) is 0. The Labute approximate surface area is 77.8 Å². The van der Waals surface area contributed by atoms with Crippen LogP contribution in [0.25, 0.3) is 0 Å². The quantitative estimate of drug-likeness (QED) is 0.512. The maximum absolute atomic E-state index is 5.25. The summed E-state index contributed by atoms with van der Waals surface area (Å²) in [7, 11) is 0. The predicted octanol–water partition coefficient (Wildman–Crippen LogP) is 1.41. The van der Waals surface area contributed by atoms with E-state index in [4.69, 9.17) is 12.2 Å². The van der Waals surface area contributed by atoms with E-state index in [-0.39, 0.29) is 0 Å². The van der Waals surface area contributed by atoms with E-state index in [0.29, 0.717) is 29.0 Å². The zero-order chi connectivity index (χ0) is 6.97. The first-order valence-electron chi connectivity index (χ1n) is 3.48. The van der Waals surface area contributed by atoms with Gasteiger partial charge in [0.25, 0.3) is 0 Å². The fourth-order valence-corrected chi connectivity index (χ4v) is 8.76. The average Bonchev–Trinajstić information content (AvgIpc) is 2.27. The summed E-state index contributed by atoms with van der Waals surface area (Å²) in [6.07, 6.45) is 5.63. The molecule has 0 aromatic carbocycles. The minimum absolute atomic E-state index is 0.658. The zero-order valence-electron chi connectivity index (χ0n) is 5.55. The molecule has 0 amide bonds. The van der Waals surface area contributed by atoms with Crippen LogP contribution < -0.4 is 0 Å². The van der Waals surface area contributed by atoms with Crippen LogP contribution in [0.1, 0.15) is 21.7 Å². The van der Waals surface area contributed by atoms with Gasteiger partial charge in [-0.05, 0) is 0 Å². The van der Waals surface area contributed by atoms with Crippen molar-refractivity contribution in [2.24, 2.45) is 0 Å². The first-order valence-corrected chi connectivity index (χ1v) is 7.31. The molecule has 0 nitrogen and oxygen atoms in total. The third kappa shape index (κ3) is 1.39. The Hall–Kier alpha value is 0.869. The van der Waals surface area contributed by atoms with Gasteiger partial charge in [-0.25, -0.2) is 0 Å². The van der Waals surface area contributed by atoms with Crippen LogP contribution in [0, 0.1) is 2.26 Å². The van der Waals surface area contributed by atoms with Crippen molar-refractivity contribution in [2.75, 3.05) is 0 Å². The first kappa shape index (κ1) is 7.51. The molecule has 2 rings (SSSR count).